The van der Waals surface area contributed by atoms with Crippen molar-refractivity contribution in [1.82, 2.24) is 15.3 Å². The van der Waals surface area contributed by atoms with Crippen molar-refractivity contribution in [2.45, 2.75) is 45.6 Å². The third-order valence-electron chi connectivity index (χ3n) is 5.38. The molecule has 164 valence electrons. The van der Waals surface area contributed by atoms with Crippen molar-refractivity contribution in [3.05, 3.63) is 77.5 Å². The minimum absolute atomic E-state index is 0.00123. The summed E-state index contributed by atoms with van der Waals surface area (Å²) in [5.74, 6) is 0.805. The Kier molecular flexibility index (Phi) is 6.75. The summed E-state index contributed by atoms with van der Waals surface area (Å²) in [6.45, 7) is 2.14. The number of pyridine rings is 1. The lowest BCUT2D eigenvalue weighted by Crippen LogP contribution is -2.23. The molecule has 0 radical (unpaired) electrons. The Labute approximate surface area is 187 Å². The number of hydrogen-bond donors (Lipinski definition) is 2. The zero-order valence-corrected chi connectivity index (χ0v) is 18.1. The van der Waals surface area contributed by atoms with Gasteiger partial charge in [0.05, 0.1) is 6.54 Å². The van der Waals surface area contributed by atoms with E-state index >= 15 is 0 Å². The average molecular weight is 431 g/mol. The molecular weight excluding hydrogens is 404 g/mol. The molecule has 0 saturated carbocycles. The Morgan fingerprint density at radius 1 is 1.12 bits per heavy atom. The lowest BCUT2D eigenvalue weighted by atomic mass is 9.97. The third-order valence-corrected chi connectivity index (χ3v) is 5.38. The molecule has 2 aromatic heterocycles. The van der Waals surface area contributed by atoms with Gasteiger partial charge in [0.15, 0.2) is 0 Å². The largest absolute Gasteiger partial charge is 0.441 e. The second kappa shape index (κ2) is 10.0. The second-order valence-electron chi connectivity index (χ2n) is 7.83. The summed E-state index contributed by atoms with van der Waals surface area (Å²) in [5.41, 5.74) is 3.60. The summed E-state index contributed by atoms with van der Waals surface area (Å²) in [7, 11) is 0. The topological polar surface area (TPSA) is 97.1 Å². The summed E-state index contributed by atoms with van der Waals surface area (Å²) in [6.07, 6.45) is 8.65. The fourth-order valence-corrected chi connectivity index (χ4v) is 3.65. The summed E-state index contributed by atoms with van der Waals surface area (Å²) in [4.78, 5) is 33.3. The molecule has 0 saturated heterocycles. The molecule has 0 spiro atoms. The fraction of sp³-hybridized carbons (Fsp3) is 0.280. The molecule has 7 nitrogen and oxygen atoms in total. The van der Waals surface area contributed by atoms with Crippen LogP contribution in [0.4, 0.5) is 5.69 Å². The van der Waals surface area contributed by atoms with Crippen molar-refractivity contribution in [3.8, 4) is 11.5 Å². The maximum atomic E-state index is 12.4. The molecule has 2 heterocycles. The summed E-state index contributed by atoms with van der Waals surface area (Å²) in [5, 5.41) is 5.78. The number of nitrogens with zero attached hydrogens (tertiary/aromatic N) is 2. The van der Waals surface area contributed by atoms with Gasteiger partial charge >= 0.3 is 0 Å². The van der Waals surface area contributed by atoms with Crippen molar-refractivity contribution in [2.75, 3.05) is 5.32 Å². The number of benzene rings is 1. The molecule has 3 aromatic rings. The Morgan fingerprint density at radius 2 is 2.03 bits per heavy atom. The maximum Gasteiger partial charge on any atom is 0.274 e. The Bertz CT molecular complexity index is 1140. The average Bonchev–Trinajstić information content (AvgIpc) is 3.20. The van der Waals surface area contributed by atoms with Gasteiger partial charge in [-0.15, -0.1) is 0 Å². The number of anilines is 1. The van der Waals surface area contributed by atoms with E-state index in [9.17, 15) is 9.59 Å². The third kappa shape index (κ3) is 5.49. The standard InChI is InChI=1S/C25H26N4O3/c1-17-22(16-27-23(30)14-18-8-3-2-4-9-18)29-25(32-17)19-10-7-11-20(15-19)28-24(31)21-12-5-6-13-26-21/h5-8,10-13,15H,2-4,9,14,16H2,1H3,(H,27,30)(H,28,31). The van der Waals surface area contributed by atoms with Gasteiger partial charge in [0.25, 0.3) is 5.91 Å². The highest BCUT2D eigenvalue weighted by Gasteiger charge is 2.15. The van der Waals surface area contributed by atoms with E-state index in [0.717, 1.165) is 24.8 Å². The first-order valence-electron chi connectivity index (χ1n) is 10.8. The van der Waals surface area contributed by atoms with Crippen LogP contribution in [-0.4, -0.2) is 21.8 Å². The number of nitrogens with one attached hydrogen (secondary N) is 2. The highest BCUT2D eigenvalue weighted by Crippen LogP contribution is 2.25. The number of rotatable bonds is 7. The van der Waals surface area contributed by atoms with Gasteiger partial charge in [-0.2, -0.15) is 0 Å². The zero-order chi connectivity index (χ0) is 22.3. The molecular formula is C25H26N4O3. The van der Waals surface area contributed by atoms with Crippen molar-refractivity contribution in [1.29, 1.82) is 0 Å². The number of carbonyl (C=O) groups is 2. The van der Waals surface area contributed by atoms with Crippen LogP contribution in [0, 0.1) is 6.92 Å². The molecule has 0 unspecified atom stereocenters. The smallest absolute Gasteiger partial charge is 0.274 e. The van der Waals surface area contributed by atoms with Crippen molar-refractivity contribution < 1.29 is 14.0 Å². The number of carbonyl (C=O) groups excluding carboxylic acids is 2. The predicted molar refractivity (Wildman–Crippen MR) is 122 cm³/mol. The van der Waals surface area contributed by atoms with Gasteiger partial charge in [-0.1, -0.05) is 23.8 Å². The van der Waals surface area contributed by atoms with E-state index < -0.39 is 0 Å². The van der Waals surface area contributed by atoms with Crippen molar-refractivity contribution >= 4 is 17.5 Å². The first-order chi connectivity index (χ1) is 15.6. The van der Waals surface area contributed by atoms with Crippen LogP contribution in [0.2, 0.25) is 0 Å². The minimum atomic E-state index is -0.289. The van der Waals surface area contributed by atoms with Crippen LogP contribution in [0.15, 0.2) is 64.7 Å². The normalized spacial score (nSPS) is 13.3. The molecule has 32 heavy (non-hydrogen) atoms. The van der Waals surface area contributed by atoms with Crippen LogP contribution < -0.4 is 10.6 Å². The van der Waals surface area contributed by atoms with Crippen LogP contribution in [0.5, 0.6) is 0 Å². The van der Waals surface area contributed by atoms with Crippen LogP contribution in [-0.2, 0) is 11.3 Å². The van der Waals surface area contributed by atoms with Gasteiger partial charge in [0, 0.05) is 23.9 Å². The van der Waals surface area contributed by atoms with E-state index in [1.54, 1.807) is 36.5 Å². The molecule has 1 aliphatic rings. The van der Waals surface area contributed by atoms with Crippen molar-refractivity contribution in [3.63, 3.8) is 0 Å². The summed E-state index contributed by atoms with van der Waals surface area (Å²) < 4.78 is 5.83. The van der Waals surface area contributed by atoms with Crippen LogP contribution in [0.1, 0.15) is 54.0 Å². The molecule has 0 atom stereocenters. The van der Waals surface area contributed by atoms with E-state index in [0.29, 0.717) is 41.7 Å². The highest BCUT2D eigenvalue weighted by molar-refractivity contribution is 6.03. The lowest BCUT2D eigenvalue weighted by molar-refractivity contribution is -0.120. The first kappa shape index (κ1) is 21.5. The number of aryl methyl sites for hydroxylation is 1. The Morgan fingerprint density at radius 3 is 2.81 bits per heavy atom. The SMILES string of the molecule is Cc1oc(-c2cccc(NC(=O)c3ccccn3)c2)nc1CNC(=O)CC1=CCCCC1. The van der Waals surface area contributed by atoms with Gasteiger partial charge in [0.2, 0.25) is 11.8 Å². The molecule has 0 bridgehead atoms. The monoisotopic (exact) mass is 430 g/mol. The molecule has 7 heteroatoms. The zero-order valence-electron chi connectivity index (χ0n) is 18.1. The van der Waals surface area contributed by atoms with Crippen LogP contribution in [0.25, 0.3) is 11.5 Å². The van der Waals surface area contributed by atoms with E-state index in [4.69, 9.17) is 4.42 Å². The van der Waals surface area contributed by atoms with Crippen LogP contribution >= 0.6 is 0 Å². The fourth-order valence-electron chi connectivity index (χ4n) is 3.65. The Balaban J connectivity index is 1.39. The van der Waals surface area contributed by atoms with E-state index in [1.165, 1.54) is 12.0 Å². The quantitative estimate of drug-likeness (QED) is 0.525. The molecule has 2 N–H and O–H groups in total. The van der Waals surface area contributed by atoms with Crippen molar-refractivity contribution in [2.24, 2.45) is 0 Å². The highest BCUT2D eigenvalue weighted by atomic mass is 16.4. The Hall–Kier alpha value is -3.74. The number of oxazole rings is 1. The van der Waals surface area contributed by atoms with E-state index in [2.05, 4.69) is 26.7 Å². The number of hydrogen-bond acceptors (Lipinski definition) is 5. The molecule has 4 rings (SSSR count). The predicted octanol–water partition coefficient (Wildman–Crippen LogP) is 4.80. The van der Waals surface area contributed by atoms with Gasteiger partial charge < -0.3 is 15.1 Å². The molecule has 1 aliphatic carbocycles. The van der Waals surface area contributed by atoms with Gasteiger partial charge in [-0.05, 0) is 62.9 Å². The minimum Gasteiger partial charge on any atom is -0.441 e. The van der Waals surface area contributed by atoms with E-state index in [-0.39, 0.29) is 11.8 Å². The molecule has 2 amide bonds. The van der Waals surface area contributed by atoms with Gasteiger partial charge in [-0.25, -0.2) is 4.98 Å². The molecule has 0 fully saturated rings. The summed E-state index contributed by atoms with van der Waals surface area (Å²) >= 11 is 0. The molecule has 0 aliphatic heterocycles. The van der Waals surface area contributed by atoms with Gasteiger partial charge in [0.1, 0.15) is 17.1 Å². The first-order valence-corrected chi connectivity index (χ1v) is 10.8. The van der Waals surface area contributed by atoms with E-state index in [1.807, 2.05) is 19.1 Å². The lowest BCUT2D eigenvalue weighted by Gasteiger charge is -2.12. The van der Waals surface area contributed by atoms with Gasteiger partial charge in [-0.3, -0.25) is 14.6 Å². The molecule has 1 aromatic carbocycles. The number of aromatic nitrogens is 2. The maximum absolute atomic E-state index is 12.4. The number of allylic oxidation sites excluding steroid dienone is 1. The summed E-state index contributed by atoms with van der Waals surface area (Å²) in [6, 6.07) is 12.4. The second-order valence-corrected chi connectivity index (χ2v) is 7.83. The van der Waals surface area contributed by atoms with Crippen LogP contribution in [0.3, 0.4) is 0 Å². The number of amides is 2.